The van der Waals surface area contributed by atoms with Crippen molar-refractivity contribution in [3.05, 3.63) is 23.8 Å². The fourth-order valence-corrected chi connectivity index (χ4v) is 6.22. The molecule has 2 heteroatoms. The standard InChI is InChI=1S/C19H28O2/c1-18-9-4-6-13(18)17-14(8-10-18)19(2)12(11-15(17)20)5-3-7-16(19)21/h4-5,9,13-17,20-21H,3,6-8,10-11H2,1-2H3/t13-,14-,15?,16?,17-,18-,19-/m0/s1. The summed E-state index contributed by atoms with van der Waals surface area (Å²) in [7, 11) is 0. The van der Waals surface area contributed by atoms with E-state index in [4.69, 9.17) is 0 Å². The molecule has 21 heavy (non-hydrogen) atoms. The minimum absolute atomic E-state index is 0.0912. The molecule has 0 saturated heterocycles. The Labute approximate surface area is 127 Å². The van der Waals surface area contributed by atoms with E-state index >= 15 is 0 Å². The summed E-state index contributed by atoms with van der Waals surface area (Å²) in [6.45, 7) is 4.65. The summed E-state index contributed by atoms with van der Waals surface area (Å²) in [4.78, 5) is 0. The lowest BCUT2D eigenvalue weighted by Gasteiger charge is -2.60. The first kappa shape index (κ1) is 14.0. The van der Waals surface area contributed by atoms with E-state index in [0.29, 0.717) is 17.8 Å². The third-order valence-corrected chi connectivity index (χ3v) is 7.52. The van der Waals surface area contributed by atoms with E-state index in [9.17, 15) is 10.2 Å². The van der Waals surface area contributed by atoms with Crippen molar-refractivity contribution < 1.29 is 10.2 Å². The Bertz CT molecular complexity index is 508. The van der Waals surface area contributed by atoms with E-state index in [1.165, 1.54) is 12.0 Å². The van der Waals surface area contributed by atoms with Crippen LogP contribution in [-0.4, -0.2) is 22.4 Å². The molecule has 4 rings (SSSR count). The Balaban J connectivity index is 1.76. The third kappa shape index (κ3) is 1.72. The first-order valence-corrected chi connectivity index (χ1v) is 8.70. The molecule has 2 N–H and O–H groups in total. The molecule has 0 spiro atoms. The fraction of sp³-hybridized carbons (Fsp3) is 0.789. The molecule has 0 radical (unpaired) electrons. The van der Waals surface area contributed by atoms with Crippen LogP contribution in [0.2, 0.25) is 0 Å². The molecular formula is C19H28O2. The topological polar surface area (TPSA) is 40.5 Å². The molecule has 0 aromatic carbocycles. The molecule has 4 aliphatic carbocycles. The molecule has 0 amide bonds. The maximum atomic E-state index is 10.9. The minimum Gasteiger partial charge on any atom is -0.392 e. The molecule has 0 aromatic rings. The van der Waals surface area contributed by atoms with Crippen LogP contribution in [-0.2, 0) is 0 Å². The molecule has 0 bridgehead atoms. The second-order valence-corrected chi connectivity index (χ2v) is 8.35. The smallest absolute Gasteiger partial charge is 0.0636 e. The number of hydrogen-bond acceptors (Lipinski definition) is 2. The van der Waals surface area contributed by atoms with E-state index in [1.807, 2.05) is 0 Å². The van der Waals surface area contributed by atoms with E-state index in [1.54, 1.807) is 0 Å². The zero-order valence-electron chi connectivity index (χ0n) is 13.3. The Kier molecular flexibility index (Phi) is 2.97. The van der Waals surface area contributed by atoms with Gasteiger partial charge >= 0.3 is 0 Å². The van der Waals surface area contributed by atoms with E-state index in [0.717, 1.165) is 32.1 Å². The van der Waals surface area contributed by atoms with E-state index < -0.39 is 0 Å². The molecule has 2 fully saturated rings. The lowest BCUT2D eigenvalue weighted by Crippen LogP contribution is -2.57. The first-order valence-electron chi connectivity index (χ1n) is 8.70. The SMILES string of the molecule is C[C@@]12C=CC[C@H]1[C@@H]1C(O)CC3=CCCC(O)[C@]3(C)[C@H]1CC2. The molecule has 2 nitrogen and oxygen atoms in total. The zero-order valence-corrected chi connectivity index (χ0v) is 13.3. The third-order valence-electron chi connectivity index (χ3n) is 7.52. The van der Waals surface area contributed by atoms with Crippen LogP contribution in [0.1, 0.15) is 52.4 Å². The van der Waals surface area contributed by atoms with Crippen molar-refractivity contribution in [3.63, 3.8) is 0 Å². The van der Waals surface area contributed by atoms with Gasteiger partial charge in [-0.05, 0) is 61.7 Å². The molecule has 7 atom stereocenters. The molecule has 0 heterocycles. The summed E-state index contributed by atoms with van der Waals surface area (Å²) >= 11 is 0. The van der Waals surface area contributed by atoms with Gasteiger partial charge in [-0.2, -0.15) is 0 Å². The number of aliphatic hydroxyl groups is 2. The molecule has 116 valence electrons. The van der Waals surface area contributed by atoms with Crippen LogP contribution in [0.15, 0.2) is 23.8 Å². The van der Waals surface area contributed by atoms with Gasteiger partial charge in [-0.15, -0.1) is 0 Å². The quantitative estimate of drug-likeness (QED) is 0.670. The van der Waals surface area contributed by atoms with Crippen LogP contribution in [0.5, 0.6) is 0 Å². The molecular weight excluding hydrogens is 260 g/mol. The van der Waals surface area contributed by atoms with Gasteiger partial charge in [-0.1, -0.05) is 37.6 Å². The maximum absolute atomic E-state index is 10.9. The van der Waals surface area contributed by atoms with Crippen molar-refractivity contribution in [2.45, 2.75) is 64.6 Å². The van der Waals surface area contributed by atoms with Crippen molar-refractivity contribution >= 4 is 0 Å². The molecule has 4 aliphatic rings. The van der Waals surface area contributed by atoms with Crippen molar-refractivity contribution in [1.82, 2.24) is 0 Å². The molecule has 0 aliphatic heterocycles. The van der Waals surface area contributed by atoms with Crippen molar-refractivity contribution in [2.24, 2.45) is 28.6 Å². The highest BCUT2D eigenvalue weighted by Gasteiger charge is 2.59. The number of aliphatic hydroxyl groups excluding tert-OH is 2. The van der Waals surface area contributed by atoms with Crippen LogP contribution in [0.4, 0.5) is 0 Å². The van der Waals surface area contributed by atoms with Crippen molar-refractivity contribution in [2.75, 3.05) is 0 Å². The fourth-order valence-electron chi connectivity index (χ4n) is 6.22. The van der Waals surface area contributed by atoms with E-state index in [2.05, 4.69) is 32.1 Å². The van der Waals surface area contributed by atoms with Crippen molar-refractivity contribution in [3.8, 4) is 0 Å². The van der Waals surface area contributed by atoms with Crippen LogP contribution in [0.25, 0.3) is 0 Å². The van der Waals surface area contributed by atoms with Gasteiger partial charge in [0.05, 0.1) is 12.2 Å². The lowest BCUT2D eigenvalue weighted by molar-refractivity contribution is -0.126. The Morgan fingerprint density at radius 3 is 2.76 bits per heavy atom. The van der Waals surface area contributed by atoms with Gasteiger partial charge in [0.1, 0.15) is 0 Å². The summed E-state index contributed by atoms with van der Waals surface area (Å²) in [5.41, 5.74) is 1.52. The lowest BCUT2D eigenvalue weighted by atomic mass is 9.46. The van der Waals surface area contributed by atoms with Gasteiger partial charge in [0.15, 0.2) is 0 Å². The normalized spacial score (nSPS) is 55.4. The average molecular weight is 288 g/mol. The predicted molar refractivity (Wildman–Crippen MR) is 83.6 cm³/mol. The van der Waals surface area contributed by atoms with Gasteiger partial charge in [0.25, 0.3) is 0 Å². The number of allylic oxidation sites excluding steroid dienone is 3. The van der Waals surface area contributed by atoms with Crippen LogP contribution < -0.4 is 0 Å². The summed E-state index contributed by atoms with van der Waals surface area (Å²) in [6, 6.07) is 0. The number of hydrogen-bond donors (Lipinski definition) is 2. The van der Waals surface area contributed by atoms with Gasteiger partial charge in [0, 0.05) is 5.41 Å². The Morgan fingerprint density at radius 1 is 1.14 bits per heavy atom. The summed E-state index contributed by atoms with van der Waals surface area (Å²) in [5.74, 6) is 1.37. The van der Waals surface area contributed by atoms with Crippen LogP contribution in [0.3, 0.4) is 0 Å². The highest BCUT2D eigenvalue weighted by molar-refractivity contribution is 5.28. The van der Waals surface area contributed by atoms with Crippen LogP contribution in [0, 0.1) is 28.6 Å². The largest absolute Gasteiger partial charge is 0.392 e. The van der Waals surface area contributed by atoms with Crippen molar-refractivity contribution in [1.29, 1.82) is 0 Å². The van der Waals surface area contributed by atoms with Gasteiger partial charge < -0.3 is 10.2 Å². The minimum atomic E-state index is -0.226. The Morgan fingerprint density at radius 2 is 1.95 bits per heavy atom. The highest BCUT2D eigenvalue weighted by atomic mass is 16.3. The maximum Gasteiger partial charge on any atom is 0.0636 e. The Hall–Kier alpha value is -0.600. The van der Waals surface area contributed by atoms with E-state index in [-0.39, 0.29) is 23.0 Å². The molecule has 2 saturated carbocycles. The second-order valence-electron chi connectivity index (χ2n) is 8.35. The molecule has 2 unspecified atom stereocenters. The summed E-state index contributed by atoms with van der Waals surface area (Å²) in [6.07, 6.45) is 12.7. The monoisotopic (exact) mass is 288 g/mol. The summed E-state index contributed by atoms with van der Waals surface area (Å²) < 4.78 is 0. The number of rotatable bonds is 0. The van der Waals surface area contributed by atoms with Gasteiger partial charge in [-0.3, -0.25) is 0 Å². The van der Waals surface area contributed by atoms with Gasteiger partial charge in [-0.25, -0.2) is 0 Å². The van der Waals surface area contributed by atoms with Gasteiger partial charge in [0.2, 0.25) is 0 Å². The highest BCUT2D eigenvalue weighted by Crippen LogP contribution is 2.63. The zero-order chi connectivity index (χ0) is 14.8. The molecule has 0 aromatic heterocycles. The predicted octanol–water partition coefficient (Wildman–Crippen LogP) is 3.45. The average Bonchev–Trinajstić information content (AvgIpc) is 2.83. The first-order chi connectivity index (χ1) is 9.97. The second kappa shape index (κ2) is 4.45. The number of fused-ring (bicyclic) bond motifs is 5. The van der Waals surface area contributed by atoms with Crippen LogP contribution >= 0.6 is 0 Å². The summed E-state index contributed by atoms with van der Waals surface area (Å²) in [5, 5.41) is 21.6.